The fourth-order valence-corrected chi connectivity index (χ4v) is 3.10. The highest BCUT2D eigenvalue weighted by atomic mass is 19.4. The van der Waals surface area contributed by atoms with Crippen LogP contribution in [0.15, 0.2) is 72.8 Å². The van der Waals surface area contributed by atoms with E-state index in [0.717, 1.165) is 12.1 Å². The molecule has 0 aliphatic heterocycles. The lowest BCUT2D eigenvalue weighted by Gasteiger charge is -2.12. The first kappa shape index (κ1) is 26.3. The van der Waals surface area contributed by atoms with Gasteiger partial charge in [0.25, 0.3) is 5.91 Å². The first-order valence-electron chi connectivity index (χ1n) is 11.0. The Labute approximate surface area is 206 Å². The molecule has 10 heteroatoms. The van der Waals surface area contributed by atoms with Crippen molar-refractivity contribution >= 4 is 40.5 Å². The van der Waals surface area contributed by atoms with Crippen LogP contribution in [0.5, 0.6) is 0 Å². The van der Waals surface area contributed by atoms with E-state index in [2.05, 4.69) is 21.3 Å². The predicted molar refractivity (Wildman–Crippen MR) is 133 cm³/mol. The third-order valence-corrected chi connectivity index (χ3v) is 4.96. The third-order valence-electron chi connectivity index (χ3n) is 4.96. The van der Waals surface area contributed by atoms with Crippen molar-refractivity contribution in [1.82, 2.24) is 0 Å². The normalized spacial score (nSPS) is 11.1. The van der Waals surface area contributed by atoms with Crippen molar-refractivity contribution in [1.29, 1.82) is 0 Å². The molecule has 0 radical (unpaired) electrons. The Balaban J connectivity index is 1.58. The quantitative estimate of drug-likeness (QED) is 0.325. The Hall–Kier alpha value is -4.34. The van der Waals surface area contributed by atoms with Gasteiger partial charge in [0.15, 0.2) is 0 Å². The molecule has 0 saturated carbocycles. The van der Waals surface area contributed by atoms with Crippen molar-refractivity contribution < 1.29 is 27.6 Å². The zero-order valence-electron chi connectivity index (χ0n) is 19.6. The average molecular weight is 499 g/mol. The maximum atomic E-state index is 12.9. The van der Waals surface area contributed by atoms with Gasteiger partial charge in [0.05, 0.1) is 12.1 Å². The molecule has 3 aromatic carbocycles. The highest BCUT2D eigenvalue weighted by Crippen LogP contribution is 2.30. The van der Waals surface area contributed by atoms with E-state index in [1.165, 1.54) is 24.3 Å². The van der Waals surface area contributed by atoms with Crippen LogP contribution in [0, 0.1) is 5.92 Å². The van der Waals surface area contributed by atoms with Crippen molar-refractivity contribution in [3.63, 3.8) is 0 Å². The van der Waals surface area contributed by atoms with Crippen LogP contribution in [0.25, 0.3) is 0 Å². The Morgan fingerprint density at radius 2 is 1.33 bits per heavy atom. The minimum Gasteiger partial charge on any atom is -0.376 e. The maximum Gasteiger partial charge on any atom is 0.416 e. The third kappa shape index (κ3) is 7.59. The second-order valence-electron chi connectivity index (χ2n) is 8.24. The predicted octanol–water partition coefficient (Wildman–Crippen LogP) is 5.60. The van der Waals surface area contributed by atoms with E-state index < -0.39 is 17.6 Å². The van der Waals surface area contributed by atoms with Gasteiger partial charge in [-0.15, -0.1) is 0 Å². The zero-order chi connectivity index (χ0) is 26.3. The Bertz CT molecular complexity index is 1260. The van der Waals surface area contributed by atoms with Gasteiger partial charge in [0.2, 0.25) is 11.8 Å². The van der Waals surface area contributed by atoms with Gasteiger partial charge >= 0.3 is 6.18 Å². The molecule has 36 heavy (non-hydrogen) atoms. The number of hydrogen-bond acceptors (Lipinski definition) is 4. The second kappa shape index (κ2) is 11.4. The number of benzene rings is 3. The number of carbonyl (C=O) groups is 3. The van der Waals surface area contributed by atoms with E-state index >= 15 is 0 Å². The molecular weight excluding hydrogens is 473 g/mol. The highest BCUT2D eigenvalue weighted by molar-refractivity contribution is 6.05. The van der Waals surface area contributed by atoms with E-state index in [0.29, 0.717) is 17.1 Å². The first-order valence-corrected chi connectivity index (χ1v) is 11.0. The topological polar surface area (TPSA) is 99.3 Å². The molecule has 0 unspecified atom stereocenters. The summed E-state index contributed by atoms with van der Waals surface area (Å²) in [7, 11) is 0. The summed E-state index contributed by atoms with van der Waals surface area (Å²) in [5, 5.41) is 10.8. The van der Waals surface area contributed by atoms with Crippen LogP contribution in [0.2, 0.25) is 0 Å². The number of anilines is 4. The summed E-state index contributed by atoms with van der Waals surface area (Å²) in [5.41, 5.74) is 0.852. The van der Waals surface area contributed by atoms with Gasteiger partial charge in [0, 0.05) is 34.2 Å². The highest BCUT2D eigenvalue weighted by Gasteiger charge is 2.30. The molecule has 0 aliphatic rings. The molecule has 0 fully saturated rings. The van der Waals surface area contributed by atoms with Crippen LogP contribution < -0.4 is 21.3 Å². The number of amides is 3. The van der Waals surface area contributed by atoms with Gasteiger partial charge in [0.1, 0.15) is 0 Å². The summed E-state index contributed by atoms with van der Waals surface area (Å²) in [5.74, 6) is -1.30. The van der Waals surface area contributed by atoms with Crippen LogP contribution in [0.3, 0.4) is 0 Å². The monoisotopic (exact) mass is 498 g/mol. The first-order chi connectivity index (χ1) is 17.0. The lowest BCUT2D eigenvalue weighted by atomic mass is 10.1. The minimum absolute atomic E-state index is 0.000257. The molecule has 3 amide bonds. The summed E-state index contributed by atoms with van der Waals surface area (Å²) >= 11 is 0. The number of alkyl halides is 3. The standard InChI is InChI=1S/C26H25F3N4O3/c1-16(2)24(35)32-22-11-5-8-19(14-22)30-15-23(34)31-20-9-3-6-17(12-20)25(36)33-21-10-4-7-18(13-21)26(27,28)29/h3-14,16,30H,15H2,1-2H3,(H,31,34)(H,32,35)(H,33,36). The lowest BCUT2D eigenvalue weighted by molar-refractivity contribution is -0.137. The zero-order valence-corrected chi connectivity index (χ0v) is 19.6. The number of halogens is 3. The molecule has 4 N–H and O–H groups in total. The van der Waals surface area contributed by atoms with E-state index in [1.807, 2.05) is 0 Å². The molecule has 3 rings (SSSR count). The van der Waals surface area contributed by atoms with Crippen LogP contribution in [0.4, 0.5) is 35.9 Å². The van der Waals surface area contributed by atoms with Gasteiger partial charge in [-0.25, -0.2) is 0 Å². The van der Waals surface area contributed by atoms with Crippen molar-refractivity contribution in [2.24, 2.45) is 5.92 Å². The van der Waals surface area contributed by atoms with Crippen molar-refractivity contribution in [3.05, 3.63) is 83.9 Å². The Morgan fingerprint density at radius 3 is 2.00 bits per heavy atom. The van der Waals surface area contributed by atoms with Crippen LogP contribution in [0.1, 0.15) is 29.8 Å². The van der Waals surface area contributed by atoms with Gasteiger partial charge in [-0.2, -0.15) is 13.2 Å². The van der Waals surface area contributed by atoms with Crippen LogP contribution in [-0.2, 0) is 15.8 Å². The molecule has 0 heterocycles. The van der Waals surface area contributed by atoms with E-state index in [9.17, 15) is 27.6 Å². The molecule has 0 aromatic heterocycles. The summed E-state index contributed by atoms with van der Waals surface area (Å²) in [4.78, 5) is 36.8. The SMILES string of the molecule is CC(C)C(=O)Nc1cccc(NCC(=O)Nc2cccc(C(=O)Nc3cccc(C(F)(F)F)c3)c2)c1. The lowest BCUT2D eigenvalue weighted by Crippen LogP contribution is -2.22. The van der Waals surface area contributed by atoms with Crippen molar-refractivity contribution in [2.75, 3.05) is 27.8 Å². The van der Waals surface area contributed by atoms with Crippen molar-refractivity contribution in [2.45, 2.75) is 20.0 Å². The van der Waals surface area contributed by atoms with Gasteiger partial charge in [-0.3, -0.25) is 14.4 Å². The number of nitrogens with one attached hydrogen (secondary N) is 4. The van der Waals surface area contributed by atoms with Gasteiger partial charge in [-0.1, -0.05) is 32.0 Å². The van der Waals surface area contributed by atoms with Crippen molar-refractivity contribution in [3.8, 4) is 0 Å². The number of rotatable bonds is 8. The average Bonchev–Trinajstić information content (AvgIpc) is 2.83. The maximum absolute atomic E-state index is 12.9. The molecule has 0 aliphatic carbocycles. The molecule has 7 nitrogen and oxygen atoms in total. The molecule has 0 spiro atoms. The largest absolute Gasteiger partial charge is 0.416 e. The Kier molecular flexibility index (Phi) is 8.31. The second-order valence-corrected chi connectivity index (χ2v) is 8.24. The summed E-state index contributed by atoms with van der Waals surface area (Å²) < 4.78 is 38.7. The smallest absolute Gasteiger partial charge is 0.376 e. The molecule has 3 aromatic rings. The van der Waals surface area contributed by atoms with Crippen LogP contribution >= 0.6 is 0 Å². The molecule has 0 saturated heterocycles. The summed E-state index contributed by atoms with van der Waals surface area (Å²) in [6.07, 6.45) is -4.53. The number of hydrogen-bond donors (Lipinski definition) is 4. The van der Waals surface area contributed by atoms with E-state index in [4.69, 9.17) is 0 Å². The molecule has 188 valence electrons. The fraction of sp³-hybridized carbons (Fsp3) is 0.192. The van der Waals surface area contributed by atoms with Gasteiger partial charge in [-0.05, 0) is 54.6 Å². The summed E-state index contributed by atoms with van der Waals surface area (Å²) in [6.45, 7) is 3.49. The molecule has 0 bridgehead atoms. The van der Waals surface area contributed by atoms with Gasteiger partial charge < -0.3 is 21.3 Å². The van der Waals surface area contributed by atoms with Crippen LogP contribution in [-0.4, -0.2) is 24.3 Å². The number of carbonyl (C=O) groups excluding carboxylic acids is 3. The Morgan fingerprint density at radius 1 is 0.750 bits per heavy atom. The molecular formula is C26H25F3N4O3. The van der Waals surface area contributed by atoms with E-state index in [-0.39, 0.29) is 35.5 Å². The van der Waals surface area contributed by atoms with E-state index in [1.54, 1.807) is 50.2 Å². The fourth-order valence-electron chi connectivity index (χ4n) is 3.10. The molecule has 0 atom stereocenters. The minimum atomic E-state index is -4.53. The summed E-state index contributed by atoms with van der Waals surface area (Å²) in [6, 6.07) is 17.3.